The summed E-state index contributed by atoms with van der Waals surface area (Å²) in [5.41, 5.74) is 1.96. The second-order valence-corrected chi connectivity index (χ2v) is 4.03. The summed E-state index contributed by atoms with van der Waals surface area (Å²) in [4.78, 5) is 13.0. The van der Waals surface area contributed by atoms with Gasteiger partial charge in [0.2, 0.25) is 0 Å². The van der Waals surface area contributed by atoms with Crippen molar-refractivity contribution in [3.05, 3.63) is 29.8 Å². The van der Waals surface area contributed by atoms with E-state index < -0.39 is 12.2 Å². The van der Waals surface area contributed by atoms with Gasteiger partial charge in [0.1, 0.15) is 6.10 Å². The molecule has 1 saturated heterocycles. The van der Waals surface area contributed by atoms with Gasteiger partial charge < -0.3 is 15.1 Å². The van der Waals surface area contributed by atoms with Crippen molar-refractivity contribution in [3.63, 3.8) is 0 Å². The number of oxime groups is 1. The Morgan fingerprint density at radius 2 is 2.17 bits per heavy atom. The lowest BCUT2D eigenvalue weighted by Gasteiger charge is -2.13. The molecule has 0 aromatic heterocycles. The van der Waals surface area contributed by atoms with Gasteiger partial charge in [-0.3, -0.25) is 4.90 Å². The molecule has 6 heteroatoms. The van der Waals surface area contributed by atoms with Crippen molar-refractivity contribution in [1.29, 1.82) is 0 Å². The molecule has 1 unspecified atom stereocenters. The fourth-order valence-corrected chi connectivity index (χ4v) is 1.77. The first-order valence-electron chi connectivity index (χ1n) is 5.54. The topological polar surface area (TPSA) is 82.4 Å². The van der Waals surface area contributed by atoms with Crippen molar-refractivity contribution in [1.82, 2.24) is 0 Å². The first kappa shape index (κ1) is 12.4. The summed E-state index contributed by atoms with van der Waals surface area (Å²) in [6.45, 7) is 1.83. The first-order valence-corrected chi connectivity index (χ1v) is 5.54. The average Bonchev–Trinajstić information content (AvgIpc) is 2.79. The molecule has 1 amide bonds. The van der Waals surface area contributed by atoms with Gasteiger partial charge in [-0.25, -0.2) is 4.79 Å². The van der Waals surface area contributed by atoms with E-state index >= 15 is 0 Å². The highest BCUT2D eigenvalue weighted by Crippen LogP contribution is 2.22. The Bertz CT molecular complexity index is 469. The molecule has 0 radical (unpaired) electrons. The minimum absolute atomic E-state index is 0.184. The van der Waals surface area contributed by atoms with Crippen molar-refractivity contribution in [2.45, 2.75) is 13.0 Å². The van der Waals surface area contributed by atoms with Gasteiger partial charge in [-0.1, -0.05) is 17.3 Å². The molecular weight excluding hydrogens is 236 g/mol. The Morgan fingerprint density at radius 3 is 2.67 bits per heavy atom. The maximum Gasteiger partial charge on any atom is 0.414 e. The molecular formula is C12H14N2O4. The van der Waals surface area contributed by atoms with Crippen molar-refractivity contribution in [2.24, 2.45) is 5.16 Å². The van der Waals surface area contributed by atoms with Gasteiger partial charge >= 0.3 is 6.09 Å². The Hall–Kier alpha value is -2.08. The number of cyclic esters (lactones) is 1. The largest absolute Gasteiger partial charge is 0.441 e. The Kier molecular flexibility index (Phi) is 3.47. The second kappa shape index (κ2) is 5.05. The smallest absolute Gasteiger partial charge is 0.414 e. The number of amides is 1. The van der Waals surface area contributed by atoms with Gasteiger partial charge in [0, 0.05) is 5.69 Å². The summed E-state index contributed by atoms with van der Waals surface area (Å²) < 4.78 is 4.95. The van der Waals surface area contributed by atoms with Gasteiger partial charge in [-0.05, 0) is 24.6 Å². The molecule has 1 aliphatic heterocycles. The monoisotopic (exact) mass is 250 g/mol. The zero-order valence-electron chi connectivity index (χ0n) is 9.91. The predicted molar refractivity (Wildman–Crippen MR) is 65.1 cm³/mol. The number of anilines is 1. The van der Waals surface area contributed by atoms with Crippen LogP contribution in [0.5, 0.6) is 0 Å². The van der Waals surface area contributed by atoms with E-state index in [1.807, 2.05) is 0 Å². The maximum atomic E-state index is 11.5. The van der Waals surface area contributed by atoms with Gasteiger partial charge in [0.25, 0.3) is 0 Å². The van der Waals surface area contributed by atoms with E-state index in [4.69, 9.17) is 15.1 Å². The number of hydrogen-bond acceptors (Lipinski definition) is 5. The molecule has 18 heavy (non-hydrogen) atoms. The molecule has 0 spiro atoms. The fraction of sp³-hybridized carbons (Fsp3) is 0.333. The van der Waals surface area contributed by atoms with Gasteiger partial charge in [-0.15, -0.1) is 0 Å². The predicted octanol–water partition coefficient (Wildman–Crippen LogP) is 1.20. The summed E-state index contributed by atoms with van der Waals surface area (Å²) in [5.74, 6) is 0. The normalized spacial score (nSPS) is 20.1. The maximum absolute atomic E-state index is 11.5. The van der Waals surface area contributed by atoms with Gasteiger partial charge in [0.15, 0.2) is 0 Å². The summed E-state index contributed by atoms with van der Waals surface area (Å²) in [6.07, 6.45) is -0.938. The molecule has 2 rings (SSSR count). The third kappa shape index (κ3) is 2.28. The van der Waals surface area contributed by atoms with Crippen LogP contribution in [0, 0.1) is 0 Å². The van der Waals surface area contributed by atoms with Crippen LogP contribution in [0.1, 0.15) is 12.5 Å². The van der Waals surface area contributed by atoms with E-state index in [-0.39, 0.29) is 6.61 Å². The average molecular weight is 250 g/mol. The lowest BCUT2D eigenvalue weighted by molar-refractivity contribution is 0.0963. The van der Waals surface area contributed by atoms with Crippen LogP contribution in [-0.4, -0.2) is 41.4 Å². The molecule has 1 aromatic rings. The number of carbonyl (C=O) groups excluding carboxylic acids is 1. The minimum Gasteiger partial charge on any atom is -0.441 e. The highest BCUT2D eigenvalue weighted by atomic mass is 16.6. The van der Waals surface area contributed by atoms with E-state index in [0.29, 0.717) is 17.9 Å². The molecule has 1 atom stereocenters. The summed E-state index contributed by atoms with van der Waals surface area (Å²) in [6, 6.07) is 6.99. The molecule has 96 valence electrons. The molecule has 2 N–H and O–H groups in total. The lowest BCUT2D eigenvalue weighted by Crippen LogP contribution is -2.25. The molecule has 6 nitrogen and oxygen atoms in total. The standard InChI is InChI=1S/C12H14N2O4/c1-8(13-17)9-2-4-10(5-3-9)14-6-11(7-15)18-12(14)16/h2-5,11,15,17H,6-7H2,1H3. The molecule has 1 fully saturated rings. The molecule has 1 aliphatic rings. The number of carbonyl (C=O) groups is 1. The van der Waals surface area contributed by atoms with E-state index in [9.17, 15) is 4.79 Å². The Labute approximate surface area is 104 Å². The quantitative estimate of drug-likeness (QED) is 0.480. The molecule has 1 heterocycles. The number of hydrogen-bond donors (Lipinski definition) is 2. The van der Waals surface area contributed by atoms with Crippen LogP contribution in [0.2, 0.25) is 0 Å². The van der Waals surface area contributed by atoms with Crippen LogP contribution in [0.25, 0.3) is 0 Å². The molecule has 0 aliphatic carbocycles. The van der Waals surface area contributed by atoms with Crippen molar-refractivity contribution in [3.8, 4) is 0 Å². The van der Waals surface area contributed by atoms with Crippen molar-refractivity contribution >= 4 is 17.5 Å². The minimum atomic E-state index is -0.474. The van der Waals surface area contributed by atoms with E-state index in [0.717, 1.165) is 5.56 Å². The molecule has 1 aromatic carbocycles. The molecule has 0 bridgehead atoms. The highest BCUT2D eigenvalue weighted by molar-refractivity contribution is 5.99. The Morgan fingerprint density at radius 1 is 1.50 bits per heavy atom. The SMILES string of the molecule is CC(=NO)c1ccc(N2CC(CO)OC2=O)cc1. The molecule has 0 saturated carbocycles. The summed E-state index contributed by atoms with van der Waals surface area (Å²) in [5, 5.41) is 20.7. The van der Waals surface area contributed by atoms with Crippen molar-refractivity contribution < 1.29 is 19.8 Å². The summed E-state index contributed by atoms with van der Waals surface area (Å²) in [7, 11) is 0. The Balaban J connectivity index is 2.18. The third-order valence-electron chi connectivity index (χ3n) is 2.82. The van der Waals surface area contributed by atoms with Crippen molar-refractivity contribution in [2.75, 3.05) is 18.1 Å². The van der Waals surface area contributed by atoms with Crippen LogP contribution in [0.4, 0.5) is 10.5 Å². The zero-order valence-corrected chi connectivity index (χ0v) is 9.91. The van der Waals surface area contributed by atoms with Crippen LogP contribution in [0.3, 0.4) is 0 Å². The fourth-order valence-electron chi connectivity index (χ4n) is 1.77. The zero-order chi connectivity index (χ0) is 13.1. The van der Waals surface area contributed by atoms with Crippen LogP contribution in [0.15, 0.2) is 29.4 Å². The number of rotatable bonds is 3. The number of ether oxygens (including phenoxy) is 1. The second-order valence-electron chi connectivity index (χ2n) is 4.03. The van der Waals surface area contributed by atoms with Crippen LogP contribution in [-0.2, 0) is 4.74 Å². The van der Waals surface area contributed by atoms with Crippen LogP contribution >= 0.6 is 0 Å². The van der Waals surface area contributed by atoms with Gasteiger partial charge in [0.05, 0.1) is 18.9 Å². The van der Waals surface area contributed by atoms with E-state index in [1.165, 1.54) is 4.90 Å². The van der Waals surface area contributed by atoms with E-state index in [2.05, 4.69) is 5.16 Å². The van der Waals surface area contributed by atoms with Crippen LogP contribution < -0.4 is 4.90 Å². The van der Waals surface area contributed by atoms with E-state index in [1.54, 1.807) is 31.2 Å². The number of nitrogens with zero attached hydrogens (tertiary/aromatic N) is 2. The highest BCUT2D eigenvalue weighted by Gasteiger charge is 2.31. The summed E-state index contributed by atoms with van der Waals surface area (Å²) >= 11 is 0. The number of aliphatic hydroxyl groups excluding tert-OH is 1. The lowest BCUT2D eigenvalue weighted by atomic mass is 10.1. The number of benzene rings is 1. The first-order chi connectivity index (χ1) is 8.65. The van der Waals surface area contributed by atoms with Gasteiger partial charge in [-0.2, -0.15) is 0 Å². The third-order valence-corrected chi connectivity index (χ3v) is 2.82. The number of aliphatic hydroxyl groups is 1.